The number of nitrogens with zero attached hydrogens (tertiary/aromatic N) is 4. The van der Waals surface area contributed by atoms with Crippen LogP contribution in [0.2, 0.25) is 0 Å². The highest BCUT2D eigenvalue weighted by Gasteiger charge is 2.20. The lowest BCUT2D eigenvalue weighted by Gasteiger charge is -2.15. The maximum Gasteiger partial charge on any atom is 0.320 e. The number of aryl methyl sites for hydroxylation is 1. The van der Waals surface area contributed by atoms with E-state index in [0.29, 0.717) is 6.67 Å². The molecule has 22 heavy (non-hydrogen) atoms. The van der Waals surface area contributed by atoms with Crippen molar-refractivity contribution >= 4 is 22.5 Å². The molecular weight excluding hydrogens is 298 g/mol. The van der Waals surface area contributed by atoms with E-state index >= 15 is 0 Å². The zero-order valence-electron chi connectivity index (χ0n) is 11.9. The van der Waals surface area contributed by atoms with Gasteiger partial charge in [-0.2, -0.15) is 0 Å². The van der Waals surface area contributed by atoms with E-state index in [1.165, 1.54) is 16.2 Å². The molecule has 0 spiro atoms. The number of urea groups is 1. The summed E-state index contributed by atoms with van der Waals surface area (Å²) in [5.41, 5.74) is 6.97. The van der Waals surface area contributed by atoms with Crippen molar-refractivity contribution in [1.82, 2.24) is 14.9 Å². The minimum atomic E-state index is -0.483. The topological polar surface area (TPSA) is 75.3 Å². The first kappa shape index (κ1) is 14.1. The summed E-state index contributed by atoms with van der Waals surface area (Å²) in [6.07, 6.45) is 6.85. The number of hydrogen-bond donors (Lipinski definition) is 1. The first-order chi connectivity index (χ1) is 10.6. The molecule has 3 rings (SSSR count). The summed E-state index contributed by atoms with van der Waals surface area (Å²) in [5.74, 6) is 6.19. The first-order valence-electron chi connectivity index (χ1n) is 6.54. The number of nitrogens with two attached hydrogens (primary N) is 1. The van der Waals surface area contributed by atoms with Gasteiger partial charge in [-0.05, 0) is 25.0 Å². The van der Waals surface area contributed by atoms with Crippen molar-refractivity contribution in [3.8, 4) is 11.8 Å². The highest BCUT2D eigenvalue weighted by atomic mass is 32.1. The molecule has 0 saturated carbocycles. The smallest absolute Gasteiger partial charge is 0.320 e. The second kappa shape index (κ2) is 5.87. The minimum Gasteiger partial charge on any atom is -0.351 e. The maximum atomic E-state index is 11.1. The van der Waals surface area contributed by atoms with Gasteiger partial charge in [0.05, 0.1) is 5.69 Å². The Bertz CT molecular complexity index is 787. The van der Waals surface area contributed by atoms with Gasteiger partial charge in [-0.3, -0.25) is 9.88 Å². The summed E-state index contributed by atoms with van der Waals surface area (Å²) < 4.78 is 0. The Kier molecular flexibility index (Phi) is 3.76. The van der Waals surface area contributed by atoms with Gasteiger partial charge in [-0.15, -0.1) is 0 Å². The van der Waals surface area contributed by atoms with E-state index in [1.807, 2.05) is 24.0 Å². The maximum absolute atomic E-state index is 11.1. The number of amides is 2. The molecule has 2 aromatic rings. The van der Waals surface area contributed by atoms with Crippen LogP contribution in [0.3, 0.4) is 0 Å². The highest BCUT2D eigenvalue weighted by Crippen LogP contribution is 2.27. The van der Waals surface area contributed by atoms with Gasteiger partial charge in [0.2, 0.25) is 0 Å². The van der Waals surface area contributed by atoms with Crippen molar-refractivity contribution in [3.63, 3.8) is 0 Å². The zero-order chi connectivity index (χ0) is 15.5. The molecule has 0 aliphatic carbocycles. The fourth-order valence-corrected chi connectivity index (χ4v) is 2.77. The largest absolute Gasteiger partial charge is 0.351 e. The lowest BCUT2D eigenvalue weighted by molar-refractivity contribution is 0.227. The van der Waals surface area contributed by atoms with Gasteiger partial charge in [0.15, 0.2) is 5.13 Å². The van der Waals surface area contributed by atoms with E-state index in [9.17, 15) is 4.79 Å². The van der Waals surface area contributed by atoms with Crippen LogP contribution in [-0.2, 0) is 0 Å². The summed E-state index contributed by atoms with van der Waals surface area (Å²) in [7, 11) is 0. The van der Waals surface area contributed by atoms with Gasteiger partial charge in [0, 0.05) is 30.4 Å². The van der Waals surface area contributed by atoms with Crippen molar-refractivity contribution in [3.05, 3.63) is 53.1 Å². The Morgan fingerprint density at radius 2 is 2.27 bits per heavy atom. The fraction of sp³-hybridized carbons (Fsp3) is 0.133. The number of rotatable bonds is 1. The molecule has 2 N–H and O–H groups in total. The molecule has 0 bridgehead atoms. The van der Waals surface area contributed by atoms with Crippen LogP contribution in [0.4, 0.5) is 9.93 Å². The number of carbonyl (C=O) groups is 1. The van der Waals surface area contributed by atoms with Crippen molar-refractivity contribution < 1.29 is 4.79 Å². The Labute approximate surface area is 131 Å². The van der Waals surface area contributed by atoms with Crippen molar-refractivity contribution in [1.29, 1.82) is 0 Å². The summed E-state index contributed by atoms with van der Waals surface area (Å²) >= 11 is 1.48. The van der Waals surface area contributed by atoms with Crippen LogP contribution >= 0.6 is 11.3 Å². The van der Waals surface area contributed by atoms with Crippen LogP contribution < -0.4 is 10.6 Å². The third-order valence-electron chi connectivity index (χ3n) is 3.03. The predicted octanol–water partition coefficient (Wildman–Crippen LogP) is 1.88. The molecule has 1 aliphatic heterocycles. The lowest BCUT2D eigenvalue weighted by atomic mass is 10.3. The number of aromatic nitrogens is 2. The van der Waals surface area contributed by atoms with Gasteiger partial charge in [0.25, 0.3) is 0 Å². The normalized spacial score (nSPS) is 13.1. The number of primary amides is 1. The van der Waals surface area contributed by atoms with E-state index in [4.69, 9.17) is 5.73 Å². The molecule has 0 fully saturated rings. The minimum absolute atomic E-state index is 0.373. The Morgan fingerprint density at radius 1 is 1.41 bits per heavy atom. The van der Waals surface area contributed by atoms with Gasteiger partial charge in [-0.25, -0.2) is 9.78 Å². The Hall–Kier alpha value is -2.85. The average Bonchev–Trinajstić information content (AvgIpc) is 3.13. The number of pyridine rings is 1. The summed E-state index contributed by atoms with van der Waals surface area (Å²) in [5, 5.41) is 0.785. The molecule has 0 atom stereocenters. The number of anilines is 1. The Morgan fingerprint density at radius 3 is 2.95 bits per heavy atom. The van der Waals surface area contributed by atoms with Gasteiger partial charge in [-0.1, -0.05) is 17.3 Å². The first-order valence-corrected chi connectivity index (χ1v) is 7.35. The molecule has 0 radical (unpaired) electrons. The standard InChI is InChI=1S/C15H13N5OS/c1-11-13(5-4-12-3-2-6-17-9-12)22-15(18-11)20-8-7-19(10-20)14(16)21/h2-3,6-9H,10H2,1H3,(H2,16,21). The van der Waals surface area contributed by atoms with Crippen molar-refractivity contribution in [2.45, 2.75) is 6.92 Å². The van der Waals surface area contributed by atoms with Crippen LogP contribution in [0.5, 0.6) is 0 Å². The van der Waals surface area contributed by atoms with Crippen LogP contribution in [0.25, 0.3) is 0 Å². The fourth-order valence-electron chi connectivity index (χ4n) is 1.87. The molecule has 1 aliphatic rings. The third kappa shape index (κ3) is 2.92. The molecule has 2 amide bonds. The third-order valence-corrected chi connectivity index (χ3v) is 4.14. The van der Waals surface area contributed by atoms with E-state index in [2.05, 4.69) is 21.8 Å². The quantitative estimate of drug-likeness (QED) is 0.816. The number of carbonyl (C=O) groups excluding carboxylic acids is 1. The van der Waals surface area contributed by atoms with E-state index in [-0.39, 0.29) is 0 Å². The second-order valence-electron chi connectivity index (χ2n) is 4.62. The average molecular weight is 311 g/mol. The predicted molar refractivity (Wildman–Crippen MR) is 85.0 cm³/mol. The van der Waals surface area contributed by atoms with Gasteiger partial charge >= 0.3 is 6.03 Å². The highest BCUT2D eigenvalue weighted by molar-refractivity contribution is 7.16. The van der Waals surface area contributed by atoms with Gasteiger partial charge in [0.1, 0.15) is 11.5 Å². The summed E-state index contributed by atoms with van der Waals surface area (Å²) in [6, 6.07) is 3.27. The molecule has 0 aromatic carbocycles. The van der Waals surface area contributed by atoms with E-state index in [0.717, 1.165) is 21.3 Å². The Balaban J connectivity index is 1.79. The van der Waals surface area contributed by atoms with Crippen LogP contribution in [0, 0.1) is 18.8 Å². The summed E-state index contributed by atoms with van der Waals surface area (Å²) in [6.45, 7) is 2.29. The second-order valence-corrected chi connectivity index (χ2v) is 5.60. The monoisotopic (exact) mass is 311 g/mol. The van der Waals surface area contributed by atoms with Gasteiger partial charge < -0.3 is 10.6 Å². The van der Waals surface area contributed by atoms with Crippen LogP contribution in [0.1, 0.15) is 16.1 Å². The van der Waals surface area contributed by atoms with E-state index < -0.39 is 6.03 Å². The SMILES string of the molecule is Cc1nc(N2C=CN(C(N)=O)C2)sc1C#Cc1cccnc1. The lowest BCUT2D eigenvalue weighted by Crippen LogP contribution is -2.34. The molecular formula is C15H13N5OS. The molecule has 7 heteroatoms. The molecule has 2 aromatic heterocycles. The molecule has 0 saturated heterocycles. The number of hydrogen-bond acceptors (Lipinski definition) is 5. The zero-order valence-corrected chi connectivity index (χ0v) is 12.7. The van der Waals surface area contributed by atoms with Crippen molar-refractivity contribution in [2.24, 2.45) is 5.73 Å². The van der Waals surface area contributed by atoms with E-state index in [1.54, 1.807) is 24.8 Å². The van der Waals surface area contributed by atoms with Crippen LogP contribution in [-0.4, -0.2) is 27.6 Å². The number of thiazole rings is 1. The summed E-state index contributed by atoms with van der Waals surface area (Å²) in [4.78, 5) is 23.8. The molecule has 3 heterocycles. The molecule has 6 nitrogen and oxygen atoms in total. The van der Waals surface area contributed by atoms with Crippen LogP contribution in [0.15, 0.2) is 36.9 Å². The van der Waals surface area contributed by atoms with Crippen molar-refractivity contribution in [2.75, 3.05) is 11.6 Å². The molecule has 0 unspecified atom stereocenters. The molecule has 110 valence electrons.